The number of aromatic nitrogens is 3. The van der Waals surface area contributed by atoms with Crippen molar-refractivity contribution in [1.82, 2.24) is 15.0 Å². The van der Waals surface area contributed by atoms with Crippen LogP contribution >= 0.6 is 11.8 Å². The van der Waals surface area contributed by atoms with Crippen LogP contribution in [0.2, 0.25) is 0 Å². The Bertz CT molecular complexity index is 670. The van der Waals surface area contributed by atoms with Gasteiger partial charge in [-0.3, -0.25) is 4.98 Å². The van der Waals surface area contributed by atoms with Crippen molar-refractivity contribution in [2.24, 2.45) is 0 Å². The molecule has 0 aromatic carbocycles. The van der Waals surface area contributed by atoms with Gasteiger partial charge in [-0.05, 0) is 12.1 Å². The fraction of sp³-hybridized carbons (Fsp3) is 0.400. The third-order valence-electron chi connectivity index (χ3n) is 3.55. The van der Waals surface area contributed by atoms with Gasteiger partial charge < -0.3 is 24.8 Å². The molecule has 0 amide bonds. The Morgan fingerprint density at radius 3 is 2.42 bits per heavy atom. The van der Waals surface area contributed by atoms with E-state index >= 15 is 0 Å². The number of nitrogens with zero attached hydrogens (tertiary/aromatic N) is 3. The fourth-order valence-corrected chi connectivity index (χ4v) is 3.31. The van der Waals surface area contributed by atoms with Crippen LogP contribution in [0.1, 0.15) is 0 Å². The number of rotatable bonds is 4. The summed E-state index contributed by atoms with van der Waals surface area (Å²) in [6.45, 7) is 0. The molecule has 3 N–H and O–H groups in total. The number of thioether (sulfide) groups is 1. The Kier molecular flexibility index (Phi) is 5.14. The normalized spacial score (nSPS) is 26.8. The zero-order valence-corrected chi connectivity index (χ0v) is 13.6. The lowest BCUT2D eigenvalue weighted by molar-refractivity contribution is -0.0786. The zero-order valence-electron chi connectivity index (χ0n) is 12.8. The van der Waals surface area contributed by atoms with E-state index in [1.807, 2.05) is 0 Å². The Balaban J connectivity index is 1.68. The molecule has 0 saturated carbocycles. The SMILES string of the molecule is COc1ncc(-c2ccc(OC3SC[C@@H](O)[C@H](O)[C@H]3O)cn2)cn1. The average Bonchev–Trinajstić information content (AvgIpc) is 2.63. The molecule has 0 radical (unpaired) electrons. The summed E-state index contributed by atoms with van der Waals surface area (Å²) in [5, 5.41) is 29.2. The average molecular weight is 351 g/mol. The molecule has 9 heteroatoms. The smallest absolute Gasteiger partial charge is 0.316 e. The second kappa shape index (κ2) is 7.31. The van der Waals surface area contributed by atoms with Crippen LogP contribution < -0.4 is 9.47 Å². The van der Waals surface area contributed by atoms with Crippen LogP contribution in [-0.2, 0) is 0 Å². The quantitative estimate of drug-likeness (QED) is 0.704. The summed E-state index contributed by atoms with van der Waals surface area (Å²) in [6.07, 6.45) is 1.37. The van der Waals surface area contributed by atoms with Gasteiger partial charge in [-0.2, -0.15) is 0 Å². The molecule has 4 atom stereocenters. The Labute approximate surface area is 142 Å². The maximum atomic E-state index is 9.95. The van der Waals surface area contributed by atoms with Gasteiger partial charge in [-0.15, -0.1) is 11.8 Å². The molecule has 0 aliphatic carbocycles. The summed E-state index contributed by atoms with van der Waals surface area (Å²) in [6, 6.07) is 3.73. The Hall–Kier alpha value is -1.94. The highest BCUT2D eigenvalue weighted by atomic mass is 32.2. The second-order valence-electron chi connectivity index (χ2n) is 5.21. The van der Waals surface area contributed by atoms with Crippen molar-refractivity contribution >= 4 is 11.8 Å². The van der Waals surface area contributed by atoms with Crippen LogP contribution in [0.4, 0.5) is 0 Å². The molecule has 2 aromatic rings. The molecule has 1 aliphatic heterocycles. The number of aliphatic hydroxyl groups is 3. The van der Waals surface area contributed by atoms with Gasteiger partial charge in [-0.1, -0.05) is 0 Å². The number of hydrogen-bond acceptors (Lipinski definition) is 9. The first-order valence-electron chi connectivity index (χ1n) is 7.23. The maximum Gasteiger partial charge on any atom is 0.316 e. The third-order valence-corrected chi connectivity index (χ3v) is 4.79. The first-order valence-corrected chi connectivity index (χ1v) is 8.28. The zero-order chi connectivity index (χ0) is 17.1. The van der Waals surface area contributed by atoms with Crippen LogP contribution in [0.5, 0.6) is 11.8 Å². The Morgan fingerprint density at radius 2 is 1.79 bits per heavy atom. The highest BCUT2D eigenvalue weighted by Gasteiger charge is 2.38. The molecule has 1 fully saturated rings. The standard InChI is InChI=1S/C15H17N3O5S/c1-22-15-17-4-8(5-18-15)10-3-2-9(6-16-10)23-14-13(21)12(20)11(19)7-24-14/h2-6,11-14,19-21H,7H2,1H3/t11-,12+,13-,14?/m1/s1. The van der Waals surface area contributed by atoms with E-state index in [0.29, 0.717) is 11.4 Å². The van der Waals surface area contributed by atoms with Gasteiger partial charge in [0.15, 0.2) is 5.44 Å². The van der Waals surface area contributed by atoms with Crippen molar-refractivity contribution in [2.75, 3.05) is 12.9 Å². The van der Waals surface area contributed by atoms with Crippen LogP contribution in [0.3, 0.4) is 0 Å². The van der Waals surface area contributed by atoms with E-state index in [4.69, 9.17) is 9.47 Å². The molecular weight excluding hydrogens is 334 g/mol. The molecule has 0 spiro atoms. The highest BCUT2D eigenvalue weighted by Crippen LogP contribution is 2.29. The molecule has 24 heavy (non-hydrogen) atoms. The fourth-order valence-electron chi connectivity index (χ4n) is 2.19. The highest BCUT2D eigenvalue weighted by molar-refractivity contribution is 7.99. The monoisotopic (exact) mass is 351 g/mol. The molecule has 3 heterocycles. The molecule has 2 aromatic heterocycles. The van der Waals surface area contributed by atoms with Gasteiger partial charge in [0, 0.05) is 23.7 Å². The summed E-state index contributed by atoms with van der Waals surface area (Å²) in [5.41, 5.74) is 0.727. The van der Waals surface area contributed by atoms with Gasteiger partial charge in [-0.25, -0.2) is 9.97 Å². The number of aliphatic hydroxyl groups excluding tert-OH is 3. The molecule has 1 unspecified atom stereocenters. The van der Waals surface area contributed by atoms with E-state index in [-0.39, 0.29) is 11.8 Å². The minimum atomic E-state index is -1.22. The number of methoxy groups -OCH3 is 1. The third kappa shape index (κ3) is 3.59. The lowest BCUT2D eigenvalue weighted by atomic mass is 10.1. The number of pyridine rings is 1. The minimum Gasteiger partial charge on any atom is -0.475 e. The maximum absolute atomic E-state index is 9.95. The summed E-state index contributed by atoms with van der Waals surface area (Å²) in [5.74, 6) is 0.741. The molecule has 1 saturated heterocycles. The summed E-state index contributed by atoms with van der Waals surface area (Å²) < 4.78 is 10.5. The van der Waals surface area contributed by atoms with Gasteiger partial charge in [0.2, 0.25) is 0 Å². The van der Waals surface area contributed by atoms with Crippen molar-refractivity contribution in [3.63, 3.8) is 0 Å². The van der Waals surface area contributed by atoms with Gasteiger partial charge in [0.05, 0.1) is 25.1 Å². The van der Waals surface area contributed by atoms with E-state index in [9.17, 15) is 15.3 Å². The number of hydrogen-bond donors (Lipinski definition) is 3. The van der Waals surface area contributed by atoms with Crippen LogP contribution in [0.25, 0.3) is 11.3 Å². The summed E-state index contributed by atoms with van der Waals surface area (Å²) >= 11 is 1.24. The van der Waals surface area contributed by atoms with Crippen molar-refractivity contribution in [1.29, 1.82) is 0 Å². The van der Waals surface area contributed by atoms with E-state index in [2.05, 4.69) is 15.0 Å². The first-order chi connectivity index (χ1) is 11.6. The summed E-state index contributed by atoms with van der Waals surface area (Å²) in [7, 11) is 1.49. The molecular formula is C15H17N3O5S. The van der Waals surface area contributed by atoms with Gasteiger partial charge in [0.1, 0.15) is 18.0 Å². The van der Waals surface area contributed by atoms with Gasteiger partial charge in [0.25, 0.3) is 0 Å². The molecule has 3 rings (SSSR count). The van der Waals surface area contributed by atoms with E-state index in [1.54, 1.807) is 24.5 Å². The lowest BCUT2D eigenvalue weighted by Gasteiger charge is -2.34. The predicted octanol–water partition coefficient (Wildman–Crippen LogP) is 0.0816. The first kappa shape index (κ1) is 16.9. The minimum absolute atomic E-state index is 0.280. The van der Waals surface area contributed by atoms with E-state index in [0.717, 1.165) is 5.56 Å². The van der Waals surface area contributed by atoms with E-state index in [1.165, 1.54) is 25.1 Å². The van der Waals surface area contributed by atoms with Crippen molar-refractivity contribution in [2.45, 2.75) is 23.7 Å². The second-order valence-corrected chi connectivity index (χ2v) is 6.34. The topological polar surface area (TPSA) is 118 Å². The van der Waals surface area contributed by atoms with E-state index < -0.39 is 23.7 Å². The number of ether oxygens (including phenoxy) is 2. The predicted molar refractivity (Wildman–Crippen MR) is 86.7 cm³/mol. The molecule has 1 aliphatic rings. The molecule has 8 nitrogen and oxygen atoms in total. The Morgan fingerprint density at radius 1 is 1.04 bits per heavy atom. The van der Waals surface area contributed by atoms with Crippen LogP contribution in [0.15, 0.2) is 30.7 Å². The van der Waals surface area contributed by atoms with Gasteiger partial charge >= 0.3 is 6.01 Å². The van der Waals surface area contributed by atoms with Crippen molar-refractivity contribution in [3.8, 4) is 23.0 Å². The van der Waals surface area contributed by atoms with Crippen molar-refractivity contribution in [3.05, 3.63) is 30.7 Å². The summed E-state index contributed by atoms with van der Waals surface area (Å²) in [4.78, 5) is 12.3. The molecule has 128 valence electrons. The largest absolute Gasteiger partial charge is 0.475 e. The lowest BCUT2D eigenvalue weighted by Crippen LogP contribution is -2.50. The van der Waals surface area contributed by atoms with Crippen molar-refractivity contribution < 1.29 is 24.8 Å². The molecule has 0 bridgehead atoms. The van der Waals surface area contributed by atoms with Crippen LogP contribution in [0, 0.1) is 0 Å². The van der Waals surface area contributed by atoms with Crippen LogP contribution in [-0.4, -0.2) is 66.9 Å².